The molecule has 0 saturated carbocycles. The molecule has 0 N–H and O–H groups in total. The Hall–Kier alpha value is -1.32. The van der Waals surface area contributed by atoms with Crippen LogP contribution in [0.2, 0.25) is 0 Å². The van der Waals surface area contributed by atoms with Crippen molar-refractivity contribution in [3.05, 3.63) is 12.2 Å². The average Bonchev–Trinajstić information content (AvgIpc) is 2.27. The maximum atomic E-state index is 11.4. The summed E-state index contributed by atoms with van der Waals surface area (Å²) in [6.07, 6.45) is 4.15. The first kappa shape index (κ1) is 13.7. The molecule has 0 radical (unpaired) electrons. The second-order valence-electron chi connectivity index (χ2n) is 3.25. The van der Waals surface area contributed by atoms with Gasteiger partial charge in [-0.1, -0.05) is 19.1 Å². The van der Waals surface area contributed by atoms with Crippen molar-refractivity contribution in [2.75, 3.05) is 14.2 Å². The first-order chi connectivity index (χ1) is 7.08. The van der Waals surface area contributed by atoms with E-state index in [-0.39, 0.29) is 5.97 Å². The molecule has 0 aromatic rings. The predicted octanol–water partition coefficient (Wildman–Crippen LogP) is 1.55. The zero-order chi connectivity index (χ0) is 11.8. The predicted molar refractivity (Wildman–Crippen MR) is 56.1 cm³/mol. The molecule has 0 aliphatic heterocycles. The third kappa shape index (κ3) is 4.14. The van der Waals surface area contributed by atoms with Gasteiger partial charge in [-0.05, 0) is 13.3 Å². The van der Waals surface area contributed by atoms with Crippen LogP contribution >= 0.6 is 0 Å². The van der Waals surface area contributed by atoms with Gasteiger partial charge < -0.3 is 9.47 Å². The molecule has 0 spiro atoms. The number of carbonyl (C=O) groups excluding carboxylic acids is 2. The average molecular weight is 214 g/mol. The molecule has 0 aromatic carbocycles. The largest absolute Gasteiger partial charge is 0.469 e. The Morgan fingerprint density at radius 3 is 2.13 bits per heavy atom. The molecule has 15 heavy (non-hydrogen) atoms. The summed E-state index contributed by atoms with van der Waals surface area (Å²) in [6.45, 7) is 3.52. The van der Waals surface area contributed by atoms with Crippen molar-refractivity contribution in [2.24, 2.45) is 11.8 Å². The van der Waals surface area contributed by atoms with Crippen LogP contribution in [0.25, 0.3) is 0 Å². The summed E-state index contributed by atoms with van der Waals surface area (Å²) in [7, 11) is 2.62. The van der Waals surface area contributed by atoms with Gasteiger partial charge >= 0.3 is 11.9 Å². The van der Waals surface area contributed by atoms with Gasteiger partial charge in [0.1, 0.15) is 0 Å². The van der Waals surface area contributed by atoms with E-state index in [0.29, 0.717) is 6.42 Å². The number of ether oxygens (including phenoxy) is 2. The van der Waals surface area contributed by atoms with Crippen molar-refractivity contribution < 1.29 is 19.1 Å². The van der Waals surface area contributed by atoms with Gasteiger partial charge in [-0.3, -0.25) is 9.59 Å². The minimum absolute atomic E-state index is 0.383. The smallest absolute Gasteiger partial charge is 0.309 e. The molecule has 0 saturated heterocycles. The van der Waals surface area contributed by atoms with Crippen LogP contribution in [-0.4, -0.2) is 26.2 Å². The Morgan fingerprint density at radius 2 is 1.73 bits per heavy atom. The van der Waals surface area contributed by atoms with Gasteiger partial charge in [0, 0.05) is 0 Å². The zero-order valence-corrected chi connectivity index (χ0v) is 9.65. The lowest BCUT2D eigenvalue weighted by atomic mass is 9.91. The monoisotopic (exact) mass is 214 g/mol. The van der Waals surface area contributed by atoms with E-state index >= 15 is 0 Å². The van der Waals surface area contributed by atoms with E-state index in [1.165, 1.54) is 14.2 Å². The fraction of sp³-hybridized carbons (Fsp3) is 0.636. The van der Waals surface area contributed by atoms with Gasteiger partial charge in [0.25, 0.3) is 0 Å². The third-order valence-corrected chi connectivity index (χ3v) is 2.31. The molecule has 0 bridgehead atoms. The molecule has 86 valence electrons. The zero-order valence-electron chi connectivity index (χ0n) is 9.65. The molecule has 0 aliphatic rings. The van der Waals surface area contributed by atoms with Crippen LogP contribution < -0.4 is 0 Å². The molecule has 0 aromatic heterocycles. The molecule has 4 heteroatoms. The van der Waals surface area contributed by atoms with Gasteiger partial charge in [-0.15, -0.1) is 0 Å². The molecule has 4 nitrogen and oxygen atoms in total. The van der Waals surface area contributed by atoms with Crippen LogP contribution in [0.3, 0.4) is 0 Å². The SMILES string of the molecule is CC=CCC(C(=O)OC)C(C)C(=O)OC. The summed E-state index contributed by atoms with van der Waals surface area (Å²) in [5.41, 5.74) is 0. The summed E-state index contributed by atoms with van der Waals surface area (Å²) in [5.74, 6) is -1.74. The highest BCUT2D eigenvalue weighted by Gasteiger charge is 2.30. The van der Waals surface area contributed by atoms with Crippen LogP contribution in [-0.2, 0) is 19.1 Å². The van der Waals surface area contributed by atoms with E-state index in [0.717, 1.165) is 0 Å². The minimum atomic E-state index is -0.487. The minimum Gasteiger partial charge on any atom is -0.469 e. The van der Waals surface area contributed by atoms with Crippen LogP contribution in [0.15, 0.2) is 12.2 Å². The van der Waals surface area contributed by atoms with E-state index < -0.39 is 17.8 Å². The van der Waals surface area contributed by atoms with Gasteiger partial charge in [0.15, 0.2) is 0 Å². The molecule has 0 rings (SSSR count). The maximum Gasteiger partial charge on any atom is 0.309 e. The van der Waals surface area contributed by atoms with Gasteiger partial charge in [0.2, 0.25) is 0 Å². The molecular weight excluding hydrogens is 196 g/mol. The summed E-state index contributed by atoms with van der Waals surface area (Å²) in [4.78, 5) is 22.7. The second-order valence-corrected chi connectivity index (χ2v) is 3.25. The van der Waals surface area contributed by atoms with Crippen LogP contribution in [0, 0.1) is 11.8 Å². The Balaban J connectivity index is 4.60. The van der Waals surface area contributed by atoms with E-state index in [1.54, 1.807) is 6.92 Å². The fourth-order valence-corrected chi connectivity index (χ4v) is 1.29. The first-order valence-electron chi connectivity index (χ1n) is 4.85. The standard InChI is InChI=1S/C11H18O4/c1-5-6-7-9(11(13)15-4)8(2)10(12)14-3/h5-6,8-9H,7H2,1-4H3. The van der Waals surface area contributed by atoms with Gasteiger partial charge in [-0.2, -0.15) is 0 Å². The highest BCUT2D eigenvalue weighted by molar-refractivity contribution is 5.81. The highest BCUT2D eigenvalue weighted by Crippen LogP contribution is 2.19. The van der Waals surface area contributed by atoms with Gasteiger partial charge in [-0.25, -0.2) is 0 Å². The van der Waals surface area contributed by atoms with Crippen LogP contribution in [0.5, 0.6) is 0 Å². The lowest BCUT2D eigenvalue weighted by Crippen LogP contribution is -2.29. The molecule has 0 heterocycles. The van der Waals surface area contributed by atoms with Crippen molar-refractivity contribution >= 4 is 11.9 Å². The molecular formula is C11H18O4. The lowest BCUT2D eigenvalue weighted by molar-refractivity contribution is -0.156. The molecule has 2 unspecified atom stereocenters. The maximum absolute atomic E-state index is 11.4. The molecule has 0 amide bonds. The first-order valence-corrected chi connectivity index (χ1v) is 4.85. The number of methoxy groups -OCH3 is 2. The molecule has 0 fully saturated rings. The van der Waals surface area contributed by atoms with E-state index in [4.69, 9.17) is 0 Å². The van der Waals surface area contributed by atoms with Crippen molar-refractivity contribution in [2.45, 2.75) is 20.3 Å². The third-order valence-electron chi connectivity index (χ3n) is 2.31. The van der Waals surface area contributed by atoms with E-state index in [1.807, 2.05) is 19.1 Å². The van der Waals surface area contributed by atoms with Crippen molar-refractivity contribution in [1.82, 2.24) is 0 Å². The number of hydrogen-bond acceptors (Lipinski definition) is 4. The summed E-state index contributed by atoms with van der Waals surface area (Å²) >= 11 is 0. The Bertz CT molecular complexity index is 245. The number of esters is 2. The Morgan fingerprint density at radius 1 is 1.20 bits per heavy atom. The summed E-state index contributed by atoms with van der Waals surface area (Å²) < 4.78 is 9.24. The van der Waals surface area contributed by atoms with E-state index in [2.05, 4.69) is 9.47 Å². The highest BCUT2D eigenvalue weighted by atomic mass is 16.5. The topological polar surface area (TPSA) is 52.6 Å². The summed E-state index contributed by atoms with van der Waals surface area (Å²) in [6, 6.07) is 0. The second kappa shape index (κ2) is 7.04. The number of carbonyl (C=O) groups is 2. The fourth-order valence-electron chi connectivity index (χ4n) is 1.29. The summed E-state index contributed by atoms with van der Waals surface area (Å²) in [5, 5.41) is 0. The van der Waals surface area contributed by atoms with Crippen molar-refractivity contribution in [3.8, 4) is 0 Å². The number of rotatable bonds is 5. The van der Waals surface area contributed by atoms with E-state index in [9.17, 15) is 9.59 Å². The van der Waals surface area contributed by atoms with Crippen molar-refractivity contribution in [1.29, 1.82) is 0 Å². The Kier molecular flexibility index (Phi) is 6.42. The van der Waals surface area contributed by atoms with Gasteiger partial charge in [0.05, 0.1) is 26.1 Å². The van der Waals surface area contributed by atoms with Crippen LogP contribution in [0.4, 0.5) is 0 Å². The molecule has 0 aliphatic carbocycles. The normalized spacial score (nSPS) is 14.7. The molecule has 2 atom stereocenters. The number of hydrogen-bond donors (Lipinski definition) is 0. The van der Waals surface area contributed by atoms with Crippen molar-refractivity contribution in [3.63, 3.8) is 0 Å². The quantitative estimate of drug-likeness (QED) is 0.514. The van der Waals surface area contributed by atoms with Crippen LogP contribution in [0.1, 0.15) is 20.3 Å². The Labute approximate surface area is 90.2 Å². The number of allylic oxidation sites excluding steroid dienone is 2. The lowest BCUT2D eigenvalue weighted by Gasteiger charge is -2.18.